The van der Waals surface area contributed by atoms with Crippen molar-refractivity contribution in [3.8, 4) is 0 Å². The van der Waals surface area contributed by atoms with Gasteiger partial charge in [-0.05, 0) is 25.7 Å². The number of carboxylic acids is 2. The van der Waals surface area contributed by atoms with E-state index < -0.39 is 23.8 Å². The number of esters is 2. The minimum Gasteiger partial charge on any atom is -0.481 e. The van der Waals surface area contributed by atoms with E-state index in [0.717, 1.165) is 64.2 Å². The normalized spacial score (nSPS) is 12.1. The second kappa shape index (κ2) is 53.5. The lowest BCUT2D eigenvalue weighted by Gasteiger charge is -2.20. The number of ether oxygens (including phenoxy) is 2. The predicted octanol–water partition coefficient (Wildman–Crippen LogP) is 17.7. The second-order valence-corrected chi connectivity index (χ2v) is 19.1. The molecule has 0 saturated heterocycles. The zero-order valence-corrected chi connectivity index (χ0v) is 43.0. The first kappa shape index (κ1) is 64.0. The van der Waals surface area contributed by atoms with E-state index in [0.29, 0.717) is 26.1 Å². The molecule has 2 atom stereocenters. The van der Waals surface area contributed by atoms with Gasteiger partial charge in [-0.2, -0.15) is 0 Å². The van der Waals surface area contributed by atoms with Gasteiger partial charge in [-0.15, -0.1) is 0 Å². The van der Waals surface area contributed by atoms with Crippen molar-refractivity contribution in [3.63, 3.8) is 0 Å². The molecule has 0 aliphatic carbocycles. The summed E-state index contributed by atoms with van der Waals surface area (Å²) in [5, 5.41) is 19.3. The molecule has 0 amide bonds. The summed E-state index contributed by atoms with van der Waals surface area (Å²) in [6, 6.07) is 0. The number of hydrogen-bond acceptors (Lipinski definition) is 6. The molecule has 0 rings (SSSR count). The highest BCUT2D eigenvalue weighted by atomic mass is 16.5. The highest BCUT2D eigenvalue weighted by Gasteiger charge is 2.32. The summed E-state index contributed by atoms with van der Waals surface area (Å²) in [5.74, 6) is -3.89. The van der Waals surface area contributed by atoms with Gasteiger partial charge in [0.25, 0.3) is 0 Å². The maximum Gasteiger partial charge on any atom is 0.307 e. The van der Waals surface area contributed by atoms with Crippen molar-refractivity contribution in [1.82, 2.24) is 0 Å². The van der Waals surface area contributed by atoms with E-state index in [4.69, 9.17) is 9.47 Å². The molecule has 0 aromatic heterocycles. The summed E-state index contributed by atoms with van der Waals surface area (Å²) in [4.78, 5) is 47.0. The van der Waals surface area contributed by atoms with Gasteiger partial charge in [0.05, 0.1) is 37.9 Å². The van der Waals surface area contributed by atoms with Crippen molar-refractivity contribution < 1.29 is 38.9 Å². The highest BCUT2D eigenvalue weighted by Crippen LogP contribution is 2.26. The van der Waals surface area contributed by atoms with E-state index in [1.54, 1.807) is 0 Å². The number of aliphatic carboxylic acids is 2. The first-order valence-corrected chi connectivity index (χ1v) is 28.0. The van der Waals surface area contributed by atoms with Gasteiger partial charge >= 0.3 is 23.9 Å². The molecular weight excluding hydrogens is 801 g/mol. The lowest BCUT2D eigenvalue weighted by Crippen LogP contribution is -2.30. The highest BCUT2D eigenvalue weighted by molar-refractivity contribution is 5.80. The third-order valence-corrected chi connectivity index (χ3v) is 12.9. The van der Waals surface area contributed by atoms with Crippen LogP contribution in [0.5, 0.6) is 0 Å². The van der Waals surface area contributed by atoms with Gasteiger partial charge in [0, 0.05) is 0 Å². The first-order chi connectivity index (χ1) is 31.2. The fraction of sp³-hybridized carbons (Fsp3) is 0.929. The van der Waals surface area contributed by atoms with Crippen LogP contribution in [0, 0.1) is 11.8 Å². The van der Waals surface area contributed by atoms with E-state index in [-0.39, 0.29) is 24.8 Å². The first-order valence-electron chi connectivity index (χ1n) is 28.0. The third kappa shape index (κ3) is 49.3. The average molecular weight is 909 g/mol. The van der Waals surface area contributed by atoms with Crippen LogP contribution < -0.4 is 0 Å². The van der Waals surface area contributed by atoms with Crippen molar-refractivity contribution in [1.29, 1.82) is 0 Å². The van der Waals surface area contributed by atoms with Crippen LogP contribution in [0.1, 0.15) is 310 Å². The van der Waals surface area contributed by atoms with Gasteiger partial charge in [0.1, 0.15) is 0 Å². The topological polar surface area (TPSA) is 127 Å². The Bertz CT molecular complexity index is 921. The molecule has 0 spiro atoms. The summed E-state index contributed by atoms with van der Waals surface area (Å²) in [6.07, 6.45) is 50.6. The van der Waals surface area contributed by atoms with Crippen LogP contribution >= 0.6 is 0 Å². The molecule has 8 nitrogen and oxygen atoms in total. The molecule has 2 unspecified atom stereocenters. The number of carboxylic acid groups (broad SMARTS) is 2. The summed E-state index contributed by atoms with van der Waals surface area (Å²) >= 11 is 0. The van der Waals surface area contributed by atoms with E-state index in [2.05, 4.69) is 27.7 Å². The largest absolute Gasteiger partial charge is 0.481 e. The van der Waals surface area contributed by atoms with Gasteiger partial charge in [-0.1, -0.05) is 272 Å². The Morgan fingerprint density at radius 2 is 0.484 bits per heavy atom. The van der Waals surface area contributed by atoms with Crippen molar-refractivity contribution in [3.05, 3.63) is 0 Å². The fourth-order valence-electron chi connectivity index (χ4n) is 8.60. The van der Waals surface area contributed by atoms with Crippen LogP contribution in [0.3, 0.4) is 0 Å². The number of unbranched alkanes of at least 4 members (excludes halogenated alkanes) is 36. The average Bonchev–Trinajstić information content (AvgIpc) is 3.28. The van der Waals surface area contributed by atoms with Crippen LogP contribution in [0.15, 0.2) is 0 Å². The van der Waals surface area contributed by atoms with Gasteiger partial charge < -0.3 is 19.7 Å². The summed E-state index contributed by atoms with van der Waals surface area (Å²) < 4.78 is 10.5. The number of carbonyl (C=O) groups excluding carboxylic acids is 2. The monoisotopic (exact) mass is 909 g/mol. The molecule has 0 radical (unpaired) electrons. The Kier molecular flexibility index (Phi) is 53.5. The SMILES string of the molecule is CCCCCCCCCCCCC(C(=O)O)C(CCCCCCCCCCCC)C(=O)O.CCCCCCCCCCCCOC(=O)CCC(=O)OCCCCCCCCCCCC. The molecular formula is C56H108O8. The molecule has 0 fully saturated rings. The van der Waals surface area contributed by atoms with E-state index in [1.807, 2.05) is 0 Å². The molecule has 380 valence electrons. The number of rotatable bonds is 50. The molecule has 0 bridgehead atoms. The predicted molar refractivity (Wildman–Crippen MR) is 270 cm³/mol. The van der Waals surface area contributed by atoms with E-state index in [1.165, 1.54) is 193 Å². The standard InChI is InChI=1S/2C28H54O4/c1-3-5-7-9-11-13-15-17-19-21-25-31-27(29)23-24-28(30)32-26-22-20-18-16-14-12-10-8-6-4-2;1-3-5-7-9-11-13-15-17-19-21-23-25(27(29)30)26(28(31)32)24-22-20-18-16-14-12-10-8-6-4-2/h3-26H2,1-2H3;25-26H,3-24H2,1-2H3,(H,29,30)(H,31,32). The second-order valence-electron chi connectivity index (χ2n) is 19.1. The Hall–Kier alpha value is -2.12. The maximum atomic E-state index is 11.8. The van der Waals surface area contributed by atoms with Crippen molar-refractivity contribution >= 4 is 23.9 Å². The van der Waals surface area contributed by atoms with Crippen molar-refractivity contribution in [2.45, 2.75) is 310 Å². The Labute approximate surface area is 396 Å². The smallest absolute Gasteiger partial charge is 0.307 e. The zero-order valence-electron chi connectivity index (χ0n) is 43.0. The van der Waals surface area contributed by atoms with Gasteiger partial charge in [0.2, 0.25) is 0 Å². The summed E-state index contributed by atoms with van der Waals surface area (Å²) in [5.41, 5.74) is 0. The van der Waals surface area contributed by atoms with Gasteiger partial charge in [-0.25, -0.2) is 0 Å². The minimum absolute atomic E-state index is 0.134. The quantitative estimate of drug-likeness (QED) is 0.0456. The summed E-state index contributed by atoms with van der Waals surface area (Å²) in [7, 11) is 0. The molecule has 0 saturated carbocycles. The van der Waals surface area contributed by atoms with Crippen molar-refractivity contribution in [2.24, 2.45) is 11.8 Å². The van der Waals surface area contributed by atoms with Crippen LogP contribution in [0.25, 0.3) is 0 Å². The Morgan fingerprint density at radius 1 is 0.297 bits per heavy atom. The van der Waals surface area contributed by atoms with Gasteiger partial charge in [-0.3, -0.25) is 19.2 Å². The molecule has 0 aliphatic heterocycles. The lowest BCUT2D eigenvalue weighted by molar-refractivity contribution is -0.154. The minimum atomic E-state index is -0.930. The van der Waals surface area contributed by atoms with E-state index in [9.17, 15) is 29.4 Å². The number of hydrogen-bond donors (Lipinski definition) is 2. The molecule has 8 heteroatoms. The molecule has 0 heterocycles. The Balaban J connectivity index is 0. The fourth-order valence-corrected chi connectivity index (χ4v) is 8.60. The molecule has 64 heavy (non-hydrogen) atoms. The van der Waals surface area contributed by atoms with Crippen LogP contribution in [-0.4, -0.2) is 47.3 Å². The van der Waals surface area contributed by atoms with Crippen LogP contribution in [-0.2, 0) is 28.7 Å². The third-order valence-electron chi connectivity index (χ3n) is 12.9. The van der Waals surface area contributed by atoms with E-state index >= 15 is 0 Å². The van der Waals surface area contributed by atoms with Crippen LogP contribution in [0.4, 0.5) is 0 Å². The van der Waals surface area contributed by atoms with Crippen LogP contribution in [0.2, 0.25) is 0 Å². The number of carbonyl (C=O) groups is 4. The molecule has 2 N–H and O–H groups in total. The lowest BCUT2D eigenvalue weighted by atomic mass is 9.84. The maximum absolute atomic E-state index is 11.8. The molecule has 0 aromatic carbocycles. The zero-order chi connectivity index (χ0) is 47.4. The summed E-state index contributed by atoms with van der Waals surface area (Å²) in [6.45, 7) is 9.91. The molecule has 0 aromatic rings. The molecule has 0 aliphatic rings. The van der Waals surface area contributed by atoms with Gasteiger partial charge in [0.15, 0.2) is 0 Å². The Morgan fingerprint density at radius 3 is 0.688 bits per heavy atom. The van der Waals surface area contributed by atoms with Crippen molar-refractivity contribution in [2.75, 3.05) is 13.2 Å².